The van der Waals surface area contributed by atoms with Crippen LogP contribution in [0.4, 0.5) is 10.1 Å². The molecular weight excluding hydrogens is 475 g/mol. The number of carbonyl (C=O) groups is 1. The lowest BCUT2D eigenvalue weighted by Gasteiger charge is -2.36. The monoisotopic (exact) mass is 502 g/mol. The van der Waals surface area contributed by atoms with E-state index in [4.69, 9.17) is 0 Å². The van der Waals surface area contributed by atoms with Crippen molar-refractivity contribution in [2.24, 2.45) is 0 Å². The van der Waals surface area contributed by atoms with Crippen molar-refractivity contribution in [3.8, 4) is 0 Å². The zero-order chi connectivity index (χ0) is 24.9. The van der Waals surface area contributed by atoms with Crippen LogP contribution in [0, 0.1) is 5.82 Å². The first-order valence-electron chi connectivity index (χ1n) is 12.0. The van der Waals surface area contributed by atoms with E-state index in [2.05, 4.69) is 22.0 Å². The SMILES string of the molecule is O=C(CCn1c(SCc2ccccc2F)nc2ccccc2c1=O)N1CCN(c2ccccc2)CC1. The zero-order valence-corrected chi connectivity index (χ0v) is 20.7. The average Bonchev–Trinajstić information content (AvgIpc) is 2.93. The molecule has 1 saturated heterocycles. The summed E-state index contributed by atoms with van der Waals surface area (Å²) in [5, 5.41) is 1.00. The van der Waals surface area contributed by atoms with E-state index < -0.39 is 0 Å². The summed E-state index contributed by atoms with van der Waals surface area (Å²) in [4.78, 5) is 35.2. The maximum atomic E-state index is 14.2. The van der Waals surface area contributed by atoms with Gasteiger partial charge in [0.15, 0.2) is 5.16 Å². The van der Waals surface area contributed by atoms with Gasteiger partial charge < -0.3 is 9.80 Å². The molecule has 0 atom stereocenters. The van der Waals surface area contributed by atoms with Crippen molar-refractivity contribution in [2.45, 2.75) is 23.9 Å². The van der Waals surface area contributed by atoms with Crippen LogP contribution in [-0.4, -0.2) is 46.5 Å². The molecule has 5 rings (SSSR count). The predicted molar refractivity (Wildman–Crippen MR) is 142 cm³/mol. The number of nitrogens with zero attached hydrogens (tertiary/aromatic N) is 4. The van der Waals surface area contributed by atoms with Gasteiger partial charge in [-0.2, -0.15) is 0 Å². The van der Waals surface area contributed by atoms with E-state index in [9.17, 15) is 14.0 Å². The molecule has 1 aliphatic rings. The lowest BCUT2D eigenvalue weighted by Crippen LogP contribution is -2.49. The lowest BCUT2D eigenvalue weighted by molar-refractivity contribution is -0.131. The largest absolute Gasteiger partial charge is 0.368 e. The van der Waals surface area contributed by atoms with E-state index in [-0.39, 0.29) is 30.2 Å². The summed E-state index contributed by atoms with van der Waals surface area (Å²) >= 11 is 1.31. The van der Waals surface area contributed by atoms with E-state index in [1.165, 1.54) is 17.8 Å². The fraction of sp³-hybridized carbons (Fsp3) is 0.250. The third-order valence-corrected chi connectivity index (χ3v) is 7.47. The Hall–Kier alpha value is -3.65. The molecular formula is C28H27FN4O2S. The van der Waals surface area contributed by atoms with Gasteiger partial charge >= 0.3 is 0 Å². The number of amides is 1. The molecule has 0 spiro atoms. The molecule has 4 aromatic rings. The van der Waals surface area contributed by atoms with Crippen molar-refractivity contribution in [1.29, 1.82) is 0 Å². The van der Waals surface area contributed by atoms with Gasteiger partial charge in [0.05, 0.1) is 10.9 Å². The van der Waals surface area contributed by atoms with Crippen LogP contribution < -0.4 is 10.5 Å². The molecule has 8 heteroatoms. The van der Waals surface area contributed by atoms with Crippen molar-refractivity contribution < 1.29 is 9.18 Å². The first kappa shape index (κ1) is 24.1. The van der Waals surface area contributed by atoms with Crippen LogP contribution in [0.25, 0.3) is 10.9 Å². The van der Waals surface area contributed by atoms with Gasteiger partial charge in [0.2, 0.25) is 5.91 Å². The van der Waals surface area contributed by atoms with Crippen LogP contribution in [0.3, 0.4) is 0 Å². The summed E-state index contributed by atoms with van der Waals surface area (Å²) in [7, 11) is 0. The van der Waals surface area contributed by atoms with Crippen molar-refractivity contribution in [2.75, 3.05) is 31.1 Å². The average molecular weight is 503 g/mol. The highest BCUT2D eigenvalue weighted by Crippen LogP contribution is 2.24. The van der Waals surface area contributed by atoms with Crippen molar-refractivity contribution in [3.63, 3.8) is 0 Å². The van der Waals surface area contributed by atoms with Crippen LogP contribution in [0.1, 0.15) is 12.0 Å². The lowest BCUT2D eigenvalue weighted by atomic mass is 10.2. The van der Waals surface area contributed by atoms with Crippen molar-refractivity contribution in [3.05, 3.63) is 101 Å². The summed E-state index contributed by atoms with van der Waals surface area (Å²) in [5.41, 5.74) is 2.12. The minimum atomic E-state index is -0.287. The second-order valence-corrected chi connectivity index (χ2v) is 9.64. The first-order valence-corrected chi connectivity index (χ1v) is 13.0. The van der Waals surface area contributed by atoms with Gasteiger partial charge in [-0.1, -0.05) is 60.3 Å². The molecule has 2 heterocycles. The highest BCUT2D eigenvalue weighted by Gasteiger charge is 2.22. The molecule has 3 aromatic carbocycles. The van der Waals surface area contributed by atoms with E-state index >= 15 is 0 Å². The maximum absolute atomic E-state index is 14.2. The highest BCUT2D eigenvalue weighted by atomic mass is 32.2. The fourth-order valence-electron chi connectivity index (χ4n) is 4.43. The molecule has 6 nitrogen and oxygen atoms in total. The number of rotatable bonds is 7. The number of thioether (sulfide) groups is 1. The van der Waals surface area contributed by atoms with Gasteiger partial charge in [-0.15, -0.1) is 0 Å². The topological polar surface area (TPSA) is 58.4 Å². The summed E-state index contributed by atoms with van der Waals surface area (Å²) in [6, 6.07) is 24.0. The van der Waals surface area contributed by atoms with Crippen LogP contribution >= 0.6 is 11.8 Å². The van der Waals surface area contributed by atoms with Crippen LogP contribution in [0.15, 0.2) is 88.8 Å². The normalized spacial score (nSPS) is 13.8. The van der Waals surface area contributed by atoms with Gasteiger partial charge in [0.25, 0.3) is 5.56 Å². The van der Waals surface area contributed by atoms with E-state index in [0.717, 1.165) is 18.8 Å². The molecule has 0 bridgehead atoms. The second kappa shape index (κ2) is 11.0. The number of hydrogen-bond acceptors (Lipinski definition) is 5. The van der Waals surface area contributed by atoms with Gasteiger partial charge in [0, 0.05) is 50.6 Å². The number of halogens is 1. The number of benzene rings is 3. The molecule has 36 heavy (non-hydrogen) atoms. The number of aromatic nitrogens is 2. The van der Waals surface area contributed by atoms with Crippen LogP contribution in [0.2, 0.25) is 0 Å². The number of hydrogen-bond donors (Lipinski definition) is 0. The third-order valence-electron chi connectivity index (χ3n) is 6.44. The third kappa shape index (κ3) is 5.28. The molecule has 1 aromatic heterocycles. The summed E-state index contributed by atoms with van der Waals surface area (Å²) in [6.45, 7) is 3.07. The Morgan fingerprint density at radius 3 is 2.36 bits per heavy atom. The standard InChI is InChI=1S/C28H27FN4O2S/c29-24-12-6-4-8-21(24)20-36-28-30-25-13-7-5-11-23(25)27(35)33(28)15-14-26(34)32-18-16-31(17-19-32)22-9-2-1-3-10-22/h1-13H,14-20H2. The summed E-state index contributed by atoms with van der Waals surface area (Å²) < 4.78 is 15.7. The maximum Gasteiger partial charge on any atom is 0.262 e. The number of anilines is 1. The number of carbonyl (C=O) groups excluding carboxylic acids is 1. The van der Waals surface area contributed by atoms with E-state index in [0.29, 0.717) is 40.5 Å². The molecule has 0 aliphatic carbocycles. The van der Waals surface area contributed by atoms with E-state index in [1.807, 2.05) is 29.2 Å². The predicted octanol–water partition coefficient (Wildman–Crippen LogP) is 4.57. The molecule has 1 fully saturated rings. The molecule has 0 radical (unpaired) electrons. The van der Waals surface area contributed by atoms with Crippen molar-refractivity contribution in [1.82, 2.24) is 14.5 Å². The second-order valence-electron chi connectivity index (χ2n) is 8.70. The Labute approximate surface area is 213 Å². The Morgan fingerprint density at radius 2 is 1.58 bits per heavy atom. The first-order chi connectivity index (χ1) is 17.6. The number of piperazine rings is 1. The molecule has 0 N–H and O–H groups in total. The molecule has 184 valence electrons. The van der Waals surface area contributed by atoms with Crippen molar-refractivity contribution >= 4 is 34.3 Å². The Kier molecular flexibility index (Phi) is 7.32. The smallest absolute Gasteiger partial charge is 0.262 e. The number of para-hydroxylation sites is 2. The van der Waals surface area contributed by atoms with Gasteiger partial charge in [-0.05, 0) is 35.9 Å². The Morgan fingerprint density at radius 1 is 0.889 bits per heavy atom. The minimum Gasteiger partial charge on any atom is -0.368 e. The number of fused-ring (bicyclic) bond motifs is 1. The zero-order valence-electron chi connectivity index (χ0n) is 19.8. The molecule has 1 aliphatic heterocycles. The quantitative estimate of drug-likeness (QED) is 0.274. The molecule has 0 saturated carbocycles. The van der Waals surface area contributed by atoms with E-state index in [1.54, 1.807) is 41.0 Å². The van der Waals surface area contributed by atoms with Gasteiger partial charge in [-0.25, -0.2) is 9.37 Å². The Balaban J connectivity index is 1.30. The van der Waals surface area contributed by atoms with Crippen LogP contribution in [0.5, 0.6) is 0 Å². The highest BCUT2D eigenvalue weighted by molar-refractivity contribution is 7.98. The Bertz CT molecular complexity index is 1420. The van der Waals surface area contributed by atoms with Gasteiger partial charge in [-0.3, -0.25) is 14.2 Å². The summed E-state index contributed by atoms with van der Waals surface area (Å²) in [6.07, 6.45) is 0.207. The molecule has 0 unspecified atom stereocenters. The van der Waals surface area contributed by atoms with Gasteiger partial charge in [0.1, 0.15) is 5.82 Å². The minimum absolute atomic E-state index is 0.0211. The fourth-order valence-corrected chi connectivity index (χ4v) is 5.44. The van der Waals surface area contributed by atoms with Crippen LogP contribution in [-0.2, 0) is 17.1 Å². The molecule has 1 amide bonds. The summed E-state index contributed by atoms with van der Waals surface area (Å²) in [5.74, 6) is 0.0738.